The fraction of sp³-hybridized carbons (Fsp3) is 0.188. The molecule has 0 spiro atoms. The predicted molar refractivity (Wildman–Crippen MR) is 77.6 cm³/mol. The molecule has 0 saturated heterocycles. The first-order valence-corrected chi connectivity index (χ1v) is 6.76. The summed E-state index contributed by atoms with van der Waals surface area (Å²) in [6.45, 7) is 0. The van der Waals surface area contributed by atoms with Crippen LogP contribution in [0.3, 0.4) is 0 Å². The second kappa shape index (κ2) is 5.06. The fourth-order valence-electron chi connectivity index (χ4n) is 2.61. The van der Waals surface area contributed by atoms with Gasteiger partial charge in [-0.25, -0.2) is 0 Å². The molecular weight excluding hydrogens is 258 g/mol. The van der Waals surface area contributed by atoms with Crippen LogP contribution in [0.1, 0.15) is 29.9 Å². The maximum Gasteiger partial charge on any atom is 0.224 e. The largest absolute Gasteiger partial charge is 0.326 e. The maximum absolute atomic E-state index is 11.8. The Morgan fingerprint density at radius 2 is 1.89 bits per heavy atom. The van der Waals surface area contributed by atoms with E-state index in [1.165, 1.54) is 5.56 Å². The third-order valence-corrected chi connectivity index (χ3v) is 3.76. The lowest BCUT2D eigenvalue weighted by Gasteiger charge is -2.17. The highest BCUT2D eigenvalue weighted by atomic mass is 35.5. The Morgan fingerprint density at radius 1 is 1.11 bits per heavy atom. The molecule has 0 unspecified atom stereocenters. The van der Waals surface area contributed by atoms with E-state index in [-0.39, 0.29) is 11.8 Å². The van der Waals surface area contributed by atoms with Gasteiger partial charge >= 0.3 is 0 Å². The SMILES string of the molecule is O=C1CC[C@@H](c2ccccc2)c2cc(Cl)ccc2N1. The average molecular weight is 272 g/mol. The van der Waals surface area contributed by atoms with Gasteiger partial charge in [-0.2, -0.15) is 0 Å². The average Bonchev–Trinajstić information content (AvgIpc) is 2.58. The molecule has 3 rings (SSSR count). The van der Waals surface area contributed by atoms with Crippen LogP contribution in [-0.4, -0.2) is 5.91 Å². The molecule has 1 amide bonds. The summed E-state index contributed by atoms with van der Waals surface area (Å²) in [4.78, 5) is 11.8. The van der Waals surface area contributed by atoms with Gasteiger partial charge in [-0.1, -0.05) is 41.9 Å². The second-order valence-corrected chi connectivity index (χ2v) is 5.22. The Balaban J connectivity index is 2.11. The van der Waals surface area contributed by atoms with E-state index < -0.39 is 0 Å². The number of nitrogens with one attached hydrogen (secondary N) is 1. The van der Waals surface area contributed by atoms with E-state index in [2.05, 4.69) is 17.4 Å². The third kappa shape index (κ3) is 2.49. The van der Waals surface area contributed by atoms with Crippen molar-refractivity contribution in [3.63, 3.8) is 0 Å². The molecule has 1 atom stereocenters. The smallest absolute Gasteiger partial charge is 0.224 e. The first kappa shape index (κ1) is 12.2. The van der Waals surface area contributed by atoms with Crippen molar-refractivity contribution in [2.75, 3.05) is 5.32 Å². The summed E-state index contributed by atoms with van der Waals surface area (Å²) in [5, 5.41) is 3.66. The highest BCUT2D eigenvalue weighted by Crippen LogP contribution is 2.37. The van der Waals surface area contributed by atoms with Gasteiger partial charge in [-0.05, 0) is 35.7 Å². The summed E-state index contributed by atoms with van der Waals surface area (Å²) in [5.41, 5.74) is 3.20. The number of rotatable bonds is 1. The van der Waals surface area contributed by atoms with Gasteiger partial charge in [0.05, 0.1) is 0 Å². The van der Waals surface area contributed by atoms with Gasteiger partial charge in [-0.15, -0.1) is 0 Å². The number of benzene rings is 2. The van der Waals surface area contributed by atoms with Crippen molar-refractivity contribution in [2.24, 2.45) is 0 Å². The first-order chi connectivity index (χ1) is 9.24. The van der Waals surface area contributed by atoms with Crippen LogP contribution in [-0.2, 0) is 4.79 Å². The number of amides is 1. The van der Waals surface area contributed by atoms with Crippen molar-refractivity contribution in [1.82, 2.24) is 0 Å². The van der Waals surface area contributed by atoms with E-state index in [1.54, 1.807) is 0 Å². The third-order valence-electron chi connectivity index (χ3n) is 3.53. The van der Waals surface area contributed by atoms with E-state index in [9.17, 15) is 4.79 Å². The molecule has 1 aliphatic heterocycles. The molecule has 3 heteroatoms. The number of halogens is 1. The van der Waals surface area contributed by atoms with Crippen molar-refractivity contribution in [3.05, 3.63) is 64.7 Å². The minimum Gasteiger partial charge on any atom is -0.326 e. The summed E-state index contributed by atoms with van der Waals surface area (Å²) >= 11 is 6.11. The lowest BCUT2D eigenvalue weighted by molar-refractivity contribution is -0.116. The monoisotopic (exact) mass is 271 g/mol. The van der Waals surface area contributed by atoms with Crippen molar-refractivity contribution < 1.29 is 4.79 Å². The van der Waals surface area contributed by atoms with Gasteiger partial charge in [0.25, 0.3) is 0 Å². The number of hydrogen-bond donors (Lipinski definition) is 1. The number of anilines is 1. The van der Waals surface area contributed by atoms with Gasteiger partial charge in [0.2, 0.25) is 5.91 Å². The van der Waals surface area contributed by atoms with Crippen LogP contribution in [0.5, 0.6) is 0 Å². The summed E-state index contributed by atoms with van der Waals surface area (Å²) < 4.78 is 0. The van der Waals surface area contributed by atoms with Gasteiger partial charge in [0.15, 0.2) is 0 Å². The van der Waals surface area contributed by atoms with E-state index >= 15 is 0 Å². The maximum atomic E-state index is 11.8. The predicted octanol–water partition coefficient (Wildman–Crippen LogP) is 4.20. The summed E-state index contributed by atoms with van der Waals surface area (Å²) in [5.74, 6) is 0.288. The molecule has 2 aromatic rings. The van der Waals surface area contributed by atoms with Gasteiger partial charge in [0.1, 0.15) is 0 Å². The van der Waals surface area contributed by atoms with Crippen LogP contribution >= 0.6 is 11.6 Å². The van der Waals surface area contributed by atoms with E-state index in [0.717, 1.165) is 17.7 Å². The Hall–Kier alpha value is -1.80. The van der Waals surface area contributed by atoms with Crippen molar-refractivity contribution in [3.8, 4) is 0 Å². The molecule has 0 radical (unpaired) electrons. The Kier molecular flexibility index (Phi) is 3.26. The molecule has 0 aliphatic carbocycles. The molecule has 0 aromatic heterocycles. The molecule has 0 bridgehead atoms. The standard InChI is InChI=1S/C16H14ClNO/c17-12-6-8-15-14(10-12)13(7-9-16(19)18-15)11-4-2-1-3-5-11/h1-6,8,10,13H,7,9H2,(H,18,19)/t13-/m0/s1. The van der Waals surface area contributed by atoms with Crippen LogP contribution in [0.4, 0.5) is 5.69 Å². The molecule has 19 heavy (non-hydrogen) atoms. The normalized spacial score (nSPS) is 18.4. The second-order valence-electron chi connectivity index (χ2n) is 4.78. The highest BCUT2D eigenvalue weighted by Gasteiger charge is 2.23. The molecule has 96 valence electrons. The van der Waals surface area contributed by atoms with Gasteiger partial charge in [-0.3, -0.25) is 4.79 Å². The van der Waals surface area contributed by atoms with Gasteiger partial charge < -0.3 is 5.32 Å². The summed E-state index contributed by atoms with van der Waals surface area (Å²) in [7, 11) is 0. The molecule has 0 saturated carbocycles. The minimum atomic E-state index is 0.0713. The summed E-state index contributed by atoms with van der Waals surface area (Å²) in [6.07, 6.45) is 1.34. The molecule has 2 nitrogen and oxygen atoms in total. The zero-order valence-electron chi connectivity index (χ0n) is 10.4. The first-order valence-electron chi connectivity index (χ1n) is 6.38. The Morgan fingerprint density at radius 3 is 2.68 bits per heavy atom. The van der Waals surface area contributed by atoms with Crippen LogP contribution in [0, 0.1) is 0 Å². The zero-order chi connectivity index (χ0) is 13.2. The Labute approximate surface area is 117 Å². The van der Waals surface area contributed by atoms with E-state index in [4.69, 9.17) is 11.6 Å². The van der Waals surface area contributed by atoms with E-state index in [1.807, 2.05) is 36.4 Å². The number of hydrogen-bond acceptors (Lipinski definition) is 1. The number of carbonyl (C=O) groups is 1. The molecule has 1 aliphatic rings. The Bertz CT molecular complexity index is 609. The zero-order valence-corrected chi connectivity index (χ0v) is 11.2. The molecule has 1 N–H and O–H groups in total. The van der Waals surface area contributed by atoms with Crippen LogP contribution in [0.2, 0.25) is 5.02 Å². The summed E-state index contributed by atoms with van der Waals surface area (Å²) in [6, 6.07) is 15.9. The topological polar surface area (TPSA) is 29.1 Å². The van der Waals surface area contributed by atoms with Crippen LogP contribution in [0.25, 0.3) is 0 Å². The number of fused-ring (bicyclic) bond motifs is 1. The molecule has 2 aromatic carbocycles. The van der Waals surface area contributed by atoms with Crippen LogP contribution in [0.15, 0.2) is 48.5 Å². The van der Waals surface area contributed by atoms with Crippen LogP contribution < -0.4 is 5.32 Å². The molecule has 0 fully saturated rings. The lowest BCUT2D eigenvalue weighted by Crippen LogP contribution is -2.08. The highest BCUT2D eigenvalue weighted by molar-refractivity contribution is 6.30. The fourth-order valence-corrected chi connectivity index (χ4v) is 2.79. The molecular formula is C16H14ClNO. The van der Waals surface area contributed by atoms with Crippen molar-refractivity contribution in [1.29, 1.82) is 0 Å². The quantitative estimate of drug-likeness (QED) is 0.827. The molecule has 1 heterocycles. The van der Waals surface area contributed by atoms with Gasteiger partial charge in [0, 0.05) is 23.0 Å². The lowest BCUT2D eigenvalue weighted by atomic mass is 9.87. The number of carbonyl (C=O) groups excluding carboxylic acids is 1. The minimum absolute atomic E-state index is 0.0713. The van der Waals surface area contributed by atoms with Crippen molar-refractivity contribution in [2.45, 2.75) is 18.8 Å². The van der Waals surface area contributed by atoms with E-state index in [0.29, 0.717) is 11.4 Å². The van der Waals surface area contributed by atoms with Crippen molar-refractivity contribution >= 4 is 23.2 Å².